The van der Waals surface area contributed by atoms with Gasteiger partial charge in [-0.2, -0.15) is 0 Å². The van der Waals surface area contributed by atoms with Gasteiger partial charge in [0.05, 0.1) is 17.7 Å². The molecular formula is C26H30Cl2N2O6S. The van der Waals surface area contributed by atoms with E-state index in [0.29, 0.717) is 34.9 Å². The molecule has 4 atom stereocenters. The number of carboxylic acid groups (broad SMARTS) is 1. The van der Waals surface area contributed by atoms with Crippen LogP contribution in [0.2, 0.25) is 10.0 Å². The van der Waals surface area contributed by atoms with Crippen molar-refractivity contribution in [2.24, 2.45) is 0 Å². The van der Waals surface area contributed by atoms with Crippen molar-refractivity contribution in [1.29, 1.82) is 0 Å². The maximum absolute atomic E-state index is 13.9. The fourth-order valence-corrected chi connectivity index (χ4v) is 6.78. The molecule has 1 saturated heterocycles. The van der Waals surface area contributed by atoms with Crippen molar-refractivity contribution in [3.63, 3.8) is 0 Å². The van der Waals surface area contributed by atoms with Gasteiger partial charge in [0.1, 0.15) is 12.2 Å². The molecule has 2 fully saturated rings. The van der Waals surface area contributed by atoms with Crippen LogP contribution in [0, 0.1) is 0 Å². The van der Waals surface area contributed by atoms with Gasteiger partial charge in [0.2, 0.25) is 10.0 Å². The maximum Gasteiger partial charge on any atom is 0.306 e. The van der Waals surface area contributed by atoms with E-state index >= 15 is 0 Å². The van der Waals surface area contributed by atoms with E-state index in [9.17, 15) is 23.1 Å². The monoisotopic (exact) mass is 568 g/mol. The van der Waals surface area contributed by atoms with Gasteiger partial charge in [0.15, 0.2) is 0 Å². The first-order valence-corrected chi connectivity index (χ1v) is 14.4. The number of ether oxygens (including phenoxy) is 1. The molecule has 0 spiro atoms. The molecule has 1 N–H and O–H groups in total. The van der Waals surface area contributed by atoms with E-state index in [0.717, 1.165) is 5.56 Å². The molecule has 0 aromatic heterocycles. The summed E-state index contributed by atoms with van der Waals surface area (Å²) in [6.07, 6.45) is -0.810. The topological polar surface area (TPSA) is 104 Å². The van der Waals surface area contributed by atoms with E-state index in [1.165, 1.54) is 11.4 Å². The maximum atomic E-state index is 13.9. The minimum Gasteiger partial charge on any atom is -0.481 e. The lowest BCUT2D eigenvalue weighted by Gasteiger charge is -2.48. The lowest BCUT2D eigenvalue weighted by atomic mass is 9.89. The fraction of sp³-hybridized carbons (Fsp3) is 0.462. The minimum atomic E-state index is -3.48. The lowest BCUT2D eigenvalue weighted by molar-refractivity contribution is -0.183. The smallest absolute Gasteiger partial charge is 0.306 e. The number of sulfonamides is 1. The van der Waals surface area contributed by atoms with Gasteiger partial charge in [-0.25, -0.2) is 12.7 Å². The lowest BCUT2D eigenvalue weighted by Crippen LogP contribution is -2.57. The highest BCUT2D eigenvalue weighted by Gasteiger charge is 2.48. The second-order valence-electron chi connectivity index (χ2n) is 9.53. The number of hydrogen-bond acceptors (Lipinski definition) is 5. The summed E-state index contributed by atoms with van der Waals surface area (Å²) in [5.74, 6) is -1.67. The number of amides is 1. The van der Waals surface area contributed by atoms with Crippen LogP contribution in [0.25, 0.3) is 0 Å². The molecule has 1 amide bonds. The normalized spacial score (nSPS) is 23.3. The third-order valence-electron chi connectivity index (χ3n) is 6.89. The summed E-state index contributed by atoms with van der Waals surface area (Å²) in [5, 5.41) is 10.1. The Hall–Kier alpha value is -2.17. The number of carbonyl (C=O) groups is 2. The molecular weight excluding hydrogens is 539 g/mol. The molecule has 37 heavy (non-hydrogen) atoms. The Morgan fingerprint density at radius 3 is 2.38 bits per heavy atom. The van der Waals surface area contributed by atoms with E-state index in [1.807, 2.05) is 13.0 Å². The van der Waals surface area contributed by atoms with E-state index in [1.54, 1.807) is 47.4 Å². The Labute approximate surface area is 227 Å². The second kappa shape index (κ2) is 11.3. The van der Waals surface area contributed by atoms with Crippen LogP contribution in [-0.2, 0) is 24.3 Å². The van der Waals surface area contributed by atoms with Gasteiger partial charge in [-0.05, 0) is 54.7 Å². The number of carboxylic acids is 1. The zero-order chi connectivity index (χ0) is 26.9. The number of hydrogen-bond donors (Lipinski definition) is 1. The highest BCUT2D eigenvalue weighted by atomic mass is 35.5. The number of likely N-dealkylation sites (N-methyl/N-ethyl adjacent to an activating group) is 1. The van der Waals surface area contributed by atoms with E-state index in [-0.39, 0.29) is 11.8 Å². The van der Waals surface area contributed by atoms with Crippen molar-refractivity contribution in [3.8, 4) is 0 Å². The molecule has 1 saturated carbocycles. The van der Waals surface area contributed by atoms with Crippen LogP contribution in [0.5, 0.6) is 0 Å². The van der Waals surface area contributed by atoms with Crippen LogP contribution in [0.3, 0.4) is 0 Å². The summed E-state index contributed by atoms with van der Waals surface area (Å²) < 4.78 is 33.4. The van der Waals surface area contributed by atoms with Crippen molar-refractivity contribution >= 4 is 45.1 Å². The van der Waals surface area contributed by atoms with Gasteiger partial charge < -0.3 is 14.7 Å². The van der Waals surface area contributed by atoms with Gasteiger partial charge >= 0.3 is 5.97 Å². The standard InChI is InChI=1S/C26H30Cl2N2O6S/c1-3-20(15-29(2)37(34,35)21-11-12-21)30-24(16-7-9-18(27)10-8-16)25(17-5-4-6-19(28)13-17)36-22(26(30)33)14-23(31)32/h4-10,13,20-22,24-25H,3,11-12,14-15H2,1-2H3,(H,31,32)/t20?,22-,24+,25+/m0/s1. The van der Waals surface area contributed by atoms with E-state index < -0.39 is 52.6 Å². The molecule has 1 aliphatic heterocycles. The van der Waals surface area contributed by atoms with E-state index in [4.69, 9.17) is 27.9 Å². The van der Waals surface area contributed by atoms with Crippen LogP contribution in [-0.4, -0.2) is 65.6 Å². The number of rotatable bonds is 10. The number of carbonyl (C=O) groups excluding carboxylic acids is 1. The number of morpholine rings is 1. The average Bonchev–Trinajstić information content (AvgIpc) is 3.70. The molecule has 8 nitrogen and oxygen atoms in total. The molecule has 4 rings (SSSR count). The fourth-order valence-electron chi connectivity index (χ4n) is 4.83. The highest BCUT2D eigenvalue weighted by Crippen LogP contribution is 2.45. The summed E-state index contributed by atoms with van der Waals surface area (Å²) in [6.45, 7) is 1.96. The van der Waals surface area contributed by atoms with Crippen LogP contribution >= 0.6 is 23.2 Å². The zero-order valence-corrected chi connectivity index (χ0v) is 22.9. The molecule has 0 bridgehead atoms. The number of halogens is 2. The van der Waals surface area contributed by atoms with Crippen molar-refractivity contribution in [2.45, 2.75) is 62.1 Å². The third kappa shape index (κ3) is 6.12. The van der Waals surface area contributed by atoms with Gasteiger partial charge in [-0.1, -0.05) is 54.4 Å². The summed E-state index contributed by atoms with van der Waals surface area (Å²) >= 11 is 12.4. The highest BCUT2D eigenvalue weighted by molar-refractivity contribution is 7.90. The van der Waals surface area contributed by atoms with Gasteiger partial charge in [0, 0.05) is 29.7 Å². The molecule has 2 aromatic carbocycles. The Balaban J connectivity index is 1.81. The zero-order valence-electron chi connectivity index (χ0n) is 20.6. The first kappa shape index (κ1) is 27.9. The summed E-state index contributed by atoms with van der Waals surface area (Å²) in [6, 6.07) is 12.8. The van der Waals surface area contributed by atoms with Crippen molar-refractivity contribution in [3.05, 3.63) is 69.7 Å². The second-order valence-corrected chi connectivity index (χ2v) is 12.7. The van der Waals surface area contributed by atoms with E-state index in [2.05, 4.69) is 0 Å². The Bertz CT molecular complexity index is 1250. The minimum absolute atomic E-state index is 0.0766. The number of aliphatic carboxylic acids is 1. The summed E-state index contributed by atoms with van der Waals surface area (Å²) in [7, 11) is -1.95. The molecule has 2 aromatic rings. The quantitative estimate of drug-likeness (QED) is 0.446. The molecule has 0 radical (unpaired) electrons. The third-order valence-corrected chi connectivity index (χ3v) is 9.71. The van der Waals surface area contributed by atoms with Crippen molar-refractivity contribution < 1.29 is 27.9 Å². The van der Waals surface area contributed by atoms with Crippen LogP contribution in [0.15, 0.2) is 48.5 Å². The Morgan fingerprint density at radius 2 is 1.81 bits per heavy atom. The van der Waals surface area contributed by atoms with Gasteiger partial charge in [-0.15, -0.1) is 0 Å². The van der Waals surface area contributed by atoms with Crippen LogP contribution in [0.1, 0.15) is 55.9 Å². The SMILES string of the molecule is CCC(CN(C)S(=O)(=O)C1CC1)N1C(=O)[C@H](CC(=O)O)O[C@H](c2cccc(Cl)c2)[C@H]1c1ccc(Cl)cc1. The number of benzene rings is 2. The molecule has 1 aliphatic carbocycles. The molecule has 200 valence electrons. The molecule has 1 unspecified atom stereocenters. The van der Waals surface area contributed by atoms with Crippen LogP contribution in [0.4, 0.5) is 0 Å². The Kier molecular flexibility index (Phi) is 8.50. The summed E-state index contributed by atoms with van der Waals surface area (Å²) in [5.41, 5.74) is 1.40. The summed E-state index contributed by atoms with van der Waals surface area (Å²) in [4.78, 5) is 27.1. The largest absolute Gasteiger partial charge is 0.481 e. The predicted molar refractivity (Wildman–Crippen MR) is 141 cm³/mol. The first-order valence-electron chi connectivity index (χ1n) is 12.2. The van der Waals surface area contributed by atoms with Crippen molar-refractivity contribution in [2.75, 3.05) is 13.6 Å². The average molecular weight is 570 g/mol. The van der Waals surface area contributed by atoms with Crippen molar-refractivity contribution in [1.82, 2.24) is 9.21 Å². The van der Waals surface area contributed by atoms with Gasteiger partial charge in [-0.3, -0.25) is 9.59 Å². The number of nitrogens with zero attached hydrogens (tertiary/aromatic N) is 2. The molecule has 2 aliphatic rings. The molecule has 11 heteroatoms. The molecule has 1 heterocycles. The van der Waals surface area contributed by atoms with Crippen LogP contribution < -0.4 is 0 Å². The predicted octanol–water partition coefficient (Wildman–Crippen LogP) is 4.68. The first-order chi connectivity index (χ1) is 17.5. The Morgan fingerprint density at radius 1 is 1.14 bits per heavy atom. The van der Waals surface area contributed by atoms with Gasteiger partial charge in [0.25, 0.3) is 5.91 Å².